The smallest absolute Gasteiger partial charge is 0.238 e. The number of hydrogen-bond acceptors (Lipinski definition) is 3. The average Bonchev–Trinajstić information content (AvgIpc) is 2.66. The highest BCUT2D eigenvalue weighted by molar-refractivity contribution is 9.10. The molecular weight excluding hydrogens is 438 g/mol. The first-order chi connectivity index (χ1) is 13.3. The fourth-order valence-electron chi connectivity index (χ4n) is 3.24. The zero-order valence-corrected chi connectivity index (χ0v) is 18.9. The molecule has 6 heteroatoms. The van der Waals surface area contributed by atoms with E-state index in [0.717, 1.165) is 22.0 Å². The van der Waals surface area contributed by atoms with Crippen LogP contribution in [0.2, 0.25) is 0 Å². The summed E-state index contributed by atoms with van der Waals surface area (Å²) in [5.41, 5.74) is 2.09. The maximum Gasteiger partial charge on any atom is 0.238 e. The van der Waals surface area contributed by atoms with Crippen LogP contribution in [0.5, 0.6) is 0 Å². The Morgan fingerprint density at radius 3 is 2.36 bits per heavy atom. The average molecular weight is 466 g/mol. The Labute approximate surface area is 177 Å². The van der Waals surface area contributed by atoms with Crippen LogP contribution < -0.4 is 0 Å². The Morgan fingerprint density at radius 2 is 1.71 bits per heavy atom. The van der Waals surface area contributed by atoms with E-state index < -0.39 is 15.6 Å². The lowest BCUT2D eigenvalue weighted by molar-refractivity contribution is -0.130. The van der Waals surface area contributed by atoms with Crippen molar-refractivity contribution in [3.05, 3.63) is 70.2 Å². The second-order valence-corrected chi connectivity index (χ2v) is 10.0. The van der Waals surface area contributed by atoms with E-state index >= 15 is 0 Å². The highest BCUT2D eigenvalue weighted by atomic mass is 79.9. The van der Waals surface area contributed by atoms with Gasteiger partial charge in [-0.25, -0.2) is 8.42 Å². The van der Waals surface area contributed by atoms with Gasteiger partial charge < -0.3 is 4.90 Å². The standard InChI is InChI=1S/C22H28BrNO3S/c1-3-15-24(18(2)20-13-7-8-14-21(20)23)22(25)17-28(26,27)16-9-12-19-10-5-4-6-11-19/h4-8,10-11,13-14,18H,3,9,12,15-17H2,1-2H3. The summed E-state index contributed by atoms with van der Waals surface area (Å²) in [6.07, 6.45) is 1.99. The number of carbonyl (C=O) groups is 1. The minimum Gasteiger partial charge on any atom is -0.335 e. The van der Waals surface area contributed by atoms with Crippen LogP contribution in [-0.2, 0) is 21.1 Å². The summed E-state index contributed by atoms with van der Waals surface area (Å²) >= 11 is 3.53. The molecule has 0 aliphatic heterocycles. The van der Waals surface area contributed by atoms with Gasteiger partial charge in [0, 0.05) is 11.0 Å². The predicted octanol–water partition coefficient (Wildman–Crippen LogP) is 4.80. The Balaban J connectivity index is 2.01. The molecule has 28 heavy (non-hydrogen) atoms. The van der Waals surface area contributed by atoms with Crippen LogP contribution in [0, 0.1) is 0 Å². The highest BCUT2D eigenvalue weighted by Gasteiger charge is 2.26. The molecule has 2 rings (SSSR count). The van der Waals surface area contributed by atoms with E-state index in [-0.39, 0.29) is 17.7 Å². The van der Waals surface area contributed by atoms with Gasteiger partial charge in [-0.15, -0.1) is 0 Å². The molecule has 1 amide bonds. The molecule has 0 aliphatic rings. The van der Waals surface area contributed by atoms with Gasteiger partial charge in [0.1, 0.15) is 5.75 Å². The molecule has 152 valence electrons. The largest absolute Gasteiger partial charge is 0.335 e. The second-order valence-electron chi connectivity index (χ2n) is 6.97. The van der Waals surface area contributed by atoms with Crippen LogP contribution in [0.1, 0.15) is 43.9 Å². The number of carbonyl (C=O) groups excluding carboxylic acids is 1. The molecule has 0 saturated heterocycles. The van der Waals surface area contributed by atoms with E-state index in [1.54, 1.807) is 4.90 Å². The monoisotopic (exact) mass is 465 g/mol. The zero-order valence-electron chi connectivity index (χ0n) is 16.5. The van der Waals surface area contributed by atoms with Crippen molar-refractivity contribution in [2.45, 2.75) is 39.2 Å². The molecular formula is C22H28BrNO3S. The number of hydrogen-bond donors (Lipinski definition) is 0. The lowest BCUT2D eigenvalue weighted by Gasteiger charge is -2.30. The quantitative estimate of drug-likeness (QED) is 0.506. The molecule has 1 atom stereocenters. The second kappa shape index (κ2) is 10.8. The minimum atomic E-state index is -3.44. The topological polar surface area (TPSA) is 54.5 Å². The fourth-order valence-corrected chi connectivity index (χ4v) is 5.13. The Bertz CT molecular complexity index is 868. The molecule has 0 aromatic heterocycles. The van der Waals surface area contributed by atoms with Crippen molar-refractivity contribution in [1.29, 1.82) is 0 Å². The van der Waals surface area contributed by atoms with E-state index in [0.29, 0.717) is 19.4 Å². The first-order valence-electron chi connectivity index (χ1n) is 9.62. The van der Waals surface area contributed by atoms with Gasteiger partial charge in [0.25, 0.3) is 0 Å². The van der Waals surface area contributed by atoms with Gasteiger partial charge in [-0.05, 0) is 43.4 Å². The van der Waals surface area contributed by atoms with E-state index in [4.69, 9.17) is 0 Å². The maximum atomic E-state index is 12.8. The summed E-state index contributed by atoms with van der Waals surface area (Å²) < 4.78 is 25.9. The van der Waals surface area contributed by atoms with Crippen molar-refractivity contribution in [1.82, 2.24) is 4.90 Å². The minimum absolute atomic E-state index is 0.0248. The van der Waals surface area contributed by atoms with Crippen molar-refractivity contribution in [3.63, 3.8) is 0 Å². The summed E-state index contributed by atoms with van der Waals surface area (Å²) in [6.45, 7) is 4.46. The summed E-state index contributed by atoms with van der Waals surface area (Å²) in [5, 5.41) is 0. The Hall–Kier alpha value is -1.66. The predicted molar refractivity (Wildman–Crippen MR) is 118 cm³/mol. The Morgan fingerprint density at radius 1 is 1.07 bits per heavy atom. The molecule has 0 fully saturated rings. The van der Waals surface area contributed by atoms with Crippen LogP contribution in [0.3, 0.4) is 0 Å². The summed E-state index contributed by atoms with van der Waals surface area (Å²) in [4.78, 5) is 14.5. The van der Waals surface area contributed by atoms with Crippen LogP contribution >= 0.6 is 15.9 Å². The van der Waals surface area contributed by atoms with Crippen LogP contribution in [0.25, 0.3) is 0 Å². The third kappa shape index (κ3) is 6.74. The van der Waals surface area contributed by atoms with Crippen molar-refractivity contribution in [3.8, 4) is 0 Å². The zero-order chi connectivity index (χ0) is 20.6. The normalized spacial score (nSPS) is 12.5. The van der Waals surface area contributed by atoms with Gasteiger partial charge in [0.15, 0.2) is 9.84 Å². The van der Waals surface area contributed by atoms with Gasteiger partial charge in [-0.1, -0.05) is 71.4 Å². The van der Waals surface area contributed by atoms with Gasteiger partial charge in [0.05, 0.1) is 11.8 Å². The number of rotatable bonds is 10. The van der Waals surface area contributed by atoms with Crippen LogP contribution in [0.15, 0.2) is 59.1 Å². The number of nitrogens with zero attached hydrogens (tertiary/aromatic N) is 1. The molecule has 0 bridgehead atoms. The molecule has 0 N–H and O–H groups in total. The third-order valence-corrected chi connectivity index (χ3v) is 7.03. The molecule has 4 nitrogen and oxygen atoms in total. The summed E-state index contributed by atoms with van der Waals surface area (Å²) in [7, 11) is -3.44. The van der Waals surface area contributed by atoms with Crippen LogP contribution in [0.4, 0.5) is 0 Å². The number of sulfone groups is 1. The van der Waals surface area contributed by atoms with Crippen molar-refractivity contribution >= 4 is 31.7 Å². The molecule has 0 radical (unpaired) electrons. The molecule has 0 spiro atoms. The van der Waals surface area contributed by atoms with Gasteiger partial charge in [-0.3, -0.25) is 4.79 Å². The lowest BCUT2D eigenvalue weighted by atomic mass is 10.1. The molecule has 0 heterocycles. The molecule has 0 saturated carbocycles. The molecule has 1 unspecified atom stereocenters. The van der Waals surface area contributed by atoms with Crippen molar-refractivity contribution in [2.24, 2.45) is 0 Å². The first-order valence-corrected chi connectivity index (χ1v) is 12.2. The molecule has 0 aliphatic carbocycles. The third-order valence-electron chi connectivity index (χ3n) is 4.71. The van der Waals surface area contributed by atoms with E-state index in [1.165, 1.54) is 0 Å². The Kier molecular flexibility index (Phi) is 8.70. The van der Waals surface area contributed by atoms with Gasteiger partial charge >= 0.3 is 0 Å². The maximum absolute atomic E-state index is 12.8. The van der Waals surface area contributed by atoms with E-state index in [2.05, 4.69) is 15.9 Å². The van der Waals surface area contributed by atoms with Crippen LogP contribution in [-0.4, -0.2) is 37.3 Å². The van der Waals surface area contributed by atoms with E-state index in [1.807, 2.05) is 68.4 Å². The SMILES string of the molecule is CCCN(C(=O)CS(=O)(=O)CCCc1ccccc1)C(C)c1ccccc1Br. The lowest BCUT2D eigenvalue weighted by Crippen LogP contribution is -2.38. The highest BCUT2D eigenvalue weighted by Crippen LogP contribution is 2.28. The molecule has 2 aromatic carbocycles. The number of halogens is 1. The first kappa shape index (κ1) is 22.6. The van der Waals surface area contributed by atoms with Crippen molar-refractivity contribution in [2.75, 3.05) is 18.1 Å². The van der Waals surface area contributed by atoms with Gasteiger partial charge in [-0.2, -0.15) is 0 Å². The summed E-state index contributed by atoms with van der Waals surface area (Å²) in [6, 6.07) is 17.3. The number of benzene rings is 2. The number of aryl methyl sites for hydroxylation is 1. The summed E-state index contributed by atoms with van der Waals surface area (Å²) in [5.74, 6) is -0.738. The number of amides is 1. The fraction of sp³-hybridized carbons (Fsp3) is 0.409. The van der Waals surface area contributed by atoms with Crippen molar-refractivity contribution < 1.29 is 13.2 Å². The van der Waals surface area contributed by atoms with Gasteiger partial charge in [0.2, 0.25) is 5.91 Å². The van der Waals surface area contributed by atoms with E-state index in [9.17, 15) is 13.2 Å². The molecule has 2 aromatic rings.